The zero-order valence-corrected chi connectivity index (χ0v) is 15.7. The number of aromatic amines is 1. The molecule has 5 aliphatic rings. The molecule has 1 heterocycles. The number of amides is 1. The van der Waals surface area contributed by atoms with Gasteiger partial charge in [0.25, 0.3) is 11.5 Å². The van der Waals surface area contributed by atoms with Crippen molar-refractivity contribution >= 4 is 5.91 Å². The van der Waals surface area contributed by atoms with Crippen molar-refractivity contribution in [2.75, 3.05) is 0 Å². The van der Waals surface area contributed by atoms with Crippen molar-refractivity contribution in [1.29, 1.82) is 0 Å². The fourth-order valence-electron chi connectivity index (χ4n) is 6.75. The summed E-state index contributed by atoms with van der Waals surface area (Å²) in [5.41, 5.74) is -0.276. The lowest BCUT2D eigenvalue weighted by Crippen LogP contribution is -2.50. The largest absolute Gasteiger partial charge is 0.391 e. The van der Waals surface area contributed by atoms with Crippen LogP contribution in [0, 0.1) is 17.8 Å². The molecule has 3 N–H and O–H groups in total. The summed E-state index contributed by atoms with van der Waals surface area (Å²) in [6.45, 7) is 0. The van der Waals surface area contributed by atoms with E-state index in [1.54, 1.807) is 0 Å². The molecule has 0 saturated heterocycles. The zero-order valence-electron chi connectivity index (χ0n) is 15.7. The molecule has 5 aliphatic carbocycles. The number of rotatable bonds is 3. The maximum atomic E-state index is 12.7. The molecule has 2 atom stereocenters. The molecule has 4 bridgehead atoms. The van der Waals surface area contributed by atoms with Crippen LogP contribution < -0.4 is 10.9 Å². The first-order valence-electron chi connectivity index (χ1n) is 10.6. The van der Waals surface area contributed by atoms with Gasteiger partial charge in [0.2, 0.25) is 0 Å². The van der Waals surface area contributed by atoms with Gasteiger partial charge in [-0.2, -0.15) is 0 Å². The third-order valence-corrected chi connectivity index (χ3v) is 7.63. The smallest absolute Gasteiger partial charge is 0.263 e. The second-order valence-corrected chi connectivity index (χ2v) is 9.60. The highest BCUT2D eigenvalue weighted by molar-refractivity contribution is 5.93. The average molecular weight is 371 g/mol. The molecular formula is C21H29N3O3. The molecule has 0 unspecified atom stereocenters. The molecule has 0 aliphatic heterocycles. The molecule has 5 fully saturated rings. The van der Waals surface area contributed by atoms with Crippen LogP contribution in [0.1, 0.15) is 80.4 Å². The van der Waals surface area contributed by atoms with Gasteiger partial charge in [-0.1, -0.05) is 12.8 Å². The Morgan fingerprint density at radius 2 is 1.74 bits per heavy atom. The Hall–Kier alpha value is -1.69. The molecule has 0 spiro atoms. The summed E-state index contributed by atoms with van der Waals surface area (Å²) in [6.07, 6.45) is 11.8. The standard InChI is InChI=1S/C21H29N3O3/c25-17-4-2-1-3-16(17)23-18(26)15-11-22-20(24-19(15)27)21-8-12-5-13(9-21)7-14(6-12)10-21/h11-14,16-17,25H,1-10H2,(H,23,26)(H,22,24,27)/t12?,13?,14?,16-,17-,21?/m1/s1. The summed E-state index contributed by atoms with van der Waals surface area (Å²) < 4.78 is 0. The van der Waals surface area contributed by atoms with Gasteiger partial charge in [-0.15, -0.1) is 0 Å². The molecule has 1 aromatic rings. The van der Waals surface area contributed by atoms with Crippen molar-refractivity contribution in [2.24, 2.45) is 17.8 Å². The highest BCUT2D eigenvalue weighted by Gasteiger charge is 2.53. The Morgan fingerprint density at radius 3 is 2.33 bits per heavy atom. The number of nitrogens with zero attached hydrogens (tertiary/aromatic N) is 1. The van der Waals surface area contributed by atoms with Crippen LogP contribution in [0.4, 0.5) is 0 Å². The number of aliphatic hydroxyl groups excluding tert-OH is 1. The van der Waals surface area contributed by atoms with E-state index in [0.29, 0.717) is 6.42 Å². The first-order chi connectivity index (χ1) is 13.0. The first-order valence-corrected chi connectivity index (χ1v) is 10.6. The SMILES string of the molecule is O=C(N[C@@H]1CCCC[C@H]1O)c1cnc(C23CC4CC(CC(C4)C2)C3)[nH]c1=O. The molecule has 6 rings (SSSR count). The maximum absolute atomic E-state index is 12.7. The molecule has 0 radical (unpaired) electrons. The Morgan fingerprint density at radius 1 is 1.11 bits per heavy atom. The highest BCUT2D eigenvalue weighted by Crippen LogP contribution is 2.59. The van der Waals surface area contributed by atoms with Gasteiger partial charge in [-0.05, 0) is 69.1 Å². The first kappa shape index (κ1) is 17.4. The third kappa shape index (κ3) is 3.02. The number of carbonyl (C=O) groups excluding carboxylic acids is 1. The van der Waals surface area contributed by atoms with E-state index in [4.69, 9.17) is 0 Å². The second-order valence-electron chi connectivity index (χ2n) is 9.60. The van der Waals surface area contributed by atoms with Crippen LogP contribution in [0.15, 0.2) is 11.0 Å². The van der Waals surface area contributed by atoms with Gasteiger partial charge in [0.15, 0.2) is 0 Å². The van der Waals surface area contributed by atoms with Crippen LogP contribution in [0.2, 0.25) is 0 Å². The van der Waals surface area contributed by atoms with Gasteiger partial charge in [-0.25, -0.2) is 4.98 Å². The van der Waals surface area contributed by atoms with Crippen LogP contribution in [0.3, 0.4) is 0 Å². The van der Waals surface area contributed by atoms with Crippen molar-refractivity contribution in [2.45, 2.75) is 81.8 Å². The number of hydrogen-bond donors (Lipinski definition) is 3. The Labute approximate surface area is 159 Å². The van der Waals surface area contributed by atoms with Gasteiger partial charge in [0.1, 0.15) is 11.4 Å². The normalized spacial score (nSPS) is 40.1. The molecule has 1 aromatic heterocycles. The predicted octanol–water partition coefficient (Wildman–Crippen LogP) is 2.27. The summed E-state index contributed by atoms with van der Waals surface area (Å²) >= 11 is 0. The summed E-state index contributed by atoms with van der Waals surface area (Å²) in [7, 11) is 0. The van der Waals surface area contributed by atoms with Gasteiger partial charge in [0, 0.05) is 11.6 Å². The molecular weight excluding hydrogens is 342 g/mol. The van der Waals surface area contributed by atoms with E-state index in [-0.39, 0.29) is 22.6 Å². The van der Waals surface area contributed by atoms with E-state index in [0.717, 1.165) is 62.1 Å². The molecule has 6 heteroatoms. The quantitative estimate of drug-likeness (QED) is 0.760. The number of aromatic nitrogens is 2. The second kappa shape index (κ2) is 6.43. The molecule has 5 saturated carbocycles. The van der Waals surface area contributed by atoms with Crippen LogP contribution in [-0.2, 0) is 5.41 Å². The summed E-state index contributed by atoms with van der Waals surface area (Å²) in [6, 6.07) is -0.270. The molecule has 0 aromatic carbocycles. The Bertz CT molecular complexity index is 767. The van der Waals surface area contributed by atoms with Crippen molar-refractivity contribution in [3.05, 3.63) is 27.9 Å². The number of nitrogens with one attached hydrogen (secondary N) is 2. The summed E-state index contributed by atoms with van der Waals surface area (Å²) in [5.74, 6) is 2.69. The monoisotopic (exact) mass is 371 g/mol. The van der Waals surface area contributed by atoms with E-state index >= 15 is 0 Å². The van der Waals surface area contributed by atoms with Crippen LogP contribution in [0.5, 0.6) is 0 Å². The van der Waals surface area contributed by atoms with E-state index < -0.39 is 12.0 Å². The van der Waals surface area contributed by atoms with Crippen LogP contribution in [0.25, 0.3) is 0 Å². The fourth-order valence-corrected chi connectivity index (χ4v) is 6.75. The summed E-state index contributed by atoms with van der Waals surface area (Å²) in [5, 5.41) is 12.9. The zero-order chi connectivity index (χ0) is 18.6. The Kier molecular flexibility index (Phi) is 4.15. The van der Waals surface area contributed by atoms with Crippen LogP contribution in [-0.4, -0.2) is 33.1 Å². The summed E-state index contributed by atoms with van der Waals surface area (Å²) in [4.78, 5) is 32.8. The highest BCUT2D eigenvalue weighted by atomic mass is 16.3. The number of carbonyl (C=O) groups is 1. The molecule has 6 nitrogen and oxygen atoms in total. The third-order valence-electron chi connectivity index (χ3n) is 7.63. The number of H-pyrrole nitrogens is 1. The maximum Gasteiger partial charge on any atom is 0.263 e. The lowest BCUT2D eigenvalue weighted by atomic mass is 9.49. The van der Waals surface area contributed by atoms with Gasteiger partial charge >= 0.3 is 0 Å². The number of aliphatic hydroxyl groups is 1. The minimum atomic E-state index is -0.527. The fraction of sp³-hybridized carbons (Fsp3) is 0.762. The van der Waals surface area contributed by atoms with Gasteiger partial charge in [0.05, 0.1) is 12.1 Å². The van der Waals surface area contributed by atoms with E-state index in [1.807, 2.05) is 0 Å². The van der Waals surface area contributed by atoms with E-state index in [2.05, 4.69) is 15.3 Å². The van der Waals surface area contributed by atoms with Gasteiger partial charge < -0.3 is 15.4 Å². The predicted molar refractivity (Wildman–Crippen MR) is 100 cm³/mol. The minimum absolute atomic E-state index is 0.0163. The molecule has 27 heavy (non-hydrogen) atoms. The Balaban J connectivity index is 1.36. The molecule has 146 valence electrons. The van der Waals surface area contributed by atoms with Crippen molar-refractivity contribution < 1.29 is 9.90 Å². The van der Waals surface area contributed by atoms with Crippen LogP contribution >= 0.6 is 0 Å². The minimum Gasteiger partial charge on any atom is -0.391 e. The van der Waals surface area contributed by atoms with Crippen molar-refractivity contribution in [1.82, 2.24) is 15.3 Å². The van der Waals surface area contributed by atoms with E-state index in [9.17, 15) is 14.7 Å². The topological polar surface area (TPSA) is 95.1 Å². The lowest BCUT2D eigenvalue weighted by Gasteiger charge is -2.56. The number of hydrogen-bond acceptors (Lipinski definition) is 4. The lowest BCUT2D eigenvalue weighted by molar-refractivity contribution is -0.00954. The van der Waals surface area contributed by atoms with Crippen molar-refractivity contribution in [3.8, 4) is 0 Å². The van der Waals surface area contributed by atoms with Crippen molar-refractivity contribution in [3.63, 3.8) is 0 Å². The average Bonchev–Trinajstić information content (AvgIpc) is 2.62. The van der Waals surface area contributed by atoms with E-state index in [1.165, 1.54) is 25.5 Å². The van der Waals surface area contributed by atoms with Gasteiger partial charge in [-0.3, -0.25) is 9.59 Å². The molecule has 1 amide bonds.